The third kappa shape index (κ3) is 4.03. The van der Waals surface area contributed by atoms with Crippen LogP contribution in [0.3, 0.4) is 0 Å². The van der Waals surface area contributed by atoms with E-state index in [2.05, 4.69) is 16.4 Å². The summed E-state index contributed by atoms with van der Waals surface area (Å²) in [4.78, 5) is 22.5. The van der Waals surface area contributed by atoms with E-state index in [-0.39, 0.29) is 5.56 Å². The first-order valence-corrected chi connectivity index (χ1v) is 11.0. The van der Waals surface area contributed by atoms with Crippen LogP contribution in [0, 0.1) is 11.3 Å². The molecule has 34 heavy (non-hydrogen) atoms. The number of fused-ring (bicyclic) bond motifs is 2. The molecule has 0 aliphatic heterocycles. The lowest BCUT2D eigenvalue weighted by Crippen LogP contribution is -2.18. The molecule has 0 atom stereocenters. The van der Waals surface area contributed by atoms with Crippen LogP contribution in [0.15, 0.2) is 78.9 Å². The number of hydrogen-bond donors (Lipinski definition) is 1. The third-order valence-electron chi connectivity index (χ3n) is 5.34. The van der Waals surface area contributed by atoms with Crippen molar-refractivity contribution in [3.05, 3.63) is 95.0 Å². The van der Waals surface area contributed by atoms with Gasteiger partial charge in [-0.3, -0.25) is 4.79 Å². The molecule has 0 unspecified atom stereocenters. The SMILES string of the molecule is N#Cc1c(NC(=O)c2ccccc2Cl)n(CCOc2ccccc2)c2nc3ccccc3nc12. The van der Waals surface area contributed by atoms with Crippen molar-refractivity contribution in [2.45, 2.75) is 6.54 Å². The zero-order valence-electron chi connectivity index (χ0n) is 17.9. The lowest BCUT2D eigenvalue weighted by atomic mass is 10.2. The van der Waals surface area contributed by atoms with Gasteiger partial charge < -0.3 is 14.6 Å². The molecule has 3 aromatic carbocycles. The Morgan fingerprint density at radius 1 is 0.971 bits per heavy atom. The minimum atomic E-state index is -0.431. The lowest BCUT2D eigenvalue weighted by Gasteiger charge is -2.13. The minimum Gasteiger partial charge on any atom is -0.492 e. The van der Waals surface area contributed by atoms with Crippen molar-refractivity contribution < 1.29 is 9.53 Å². The van der Waals surface area contributed by atoms with E-state index in [1.807, 2.05) is 54.6 Å². The lowest BCUT2D eigenvalue weighted by molar-refractivity contribution is 0.102. The van der Waals surface area contributed by atoms with Crippen LogP contribution in [-0.4, -0.2) is 27.0 Å². The van der Waals surface area contributed by atoms with Gasteiger partial charge in [0.1, 0.15) is 35.3 Å². The number of nitrogens with one attached hydrogen (secondary N) is 1. The van der Waals surface area contributed by atoms with E-state index >= 15 is 0 Å². The van der Waals surface area contributed by atoms with E-state index in [0.29, 0.717) is 51.8 Å². The molecule has 0 aliphatic carbocycles. The van der Waals surface area contributed by atoms with Gasteiger partial charge in [0.2, 0.25) is 0 Å². The number of anilines is 1. The van der Waals surface area contributed by atoms with Gasteiger partial charge in [0, 0.05) is 0 Å². The molecule has 0 bridgehead atoms. The molecule has 1 amide bonds. The maximum Gasteiger partial charge on any atom is 0.258 e. The molecule has 5 aromatic rings. The first-order valence-electron chi connectivity index (χ1n) is 10.6. The van der Waals surface area contributed by atoms with Crippen LogP contribution in [-0.2, 0) is 6.54 Å². The van der Waals surface area contributed by atoms with Gasteiger partial charge in [-0.2, -0.15) is 5.26 Å². The summed E-state index contributed by atoms with van der Waals surface area (Å²) in [6.07, 6.45) is 0. The fourth-order valence-electron chi connectivity index (χ4n) is 3.74. The normalized spacial score (nSPS) is 10.8. The van der Waals surface area contributed by atoms with Gasteiger partial charge in [-0.05, 0) is 36.4 Å². The zero-order chi connectivity index (χ0) is 23.5. The van der Waals surface area contributed by atoms with E-state index < -0.39 is 5.91 Å². The molecule has 0 saturated heterocycles. The average molecular weight is 468 g/mol. The molecule has 0 spiro atoms. The predicted octanol–water partition coefficient (Wildman–Crippen LogP) is 5.44. The van der Waals surface area contributed by atoms with Crippen LogP contribution in [0.5, 0.6) is 5.75 Å². The van der Waals surface area contributed by atoms with Gasteiger partial charge in [0.15, 0.2) is 5.65 Å². The zero-order valence-corrected chi connectivity index (χ0v) is 18.7. The molecule has 5 rings (SSSR count). The van der Waals surface area contributed by atoms with Crippen molar-refractivity contribution in [3.8, 4) is 11.8 Å². The quantitative estimate of drug-likeness (QED) is 0.359. The van der Waals surface area contributed by atoms with Crippen molar-refractivity contribution in [2.75, 3.05) is 11.9 Å². The van der Waals surface area contributed by atoms with Crippen molar-refractivity contribution in [2.24, 2.45) is 0 Å². The Hall–Kier alpha value is -4.41. The Labute approximate surface area is 200 Å². The molecule has 2 heterocycles. The third-order valence-corrected chi connectivity index (χ3v) is 5.67. The molecule has 0 aliphatic rings. The summed E-state index contributed by atoms with van der Waals surface area (Å²) in [6.45, 7) is 0.625. The fourth-order valence-corrected chi connectivity index (χ4v) is 3.97. The number of carbonyl (C=O) groups excluding carboxylic acids is 1. The largest absolute Gasteiger partial charge is 0.492 e. The van der Waals surface area contributed by atoms with E-state index in [4.69, 9.17) is 21.3 Å². The Morgan fingerprint density at radius 3 is 2.38 bits per heavy atom. The van der Waals surface area contributed by atoms with Crippen molar-refractivity contribution in [1.82, 2.24) is 14.5 Å². The minimum absolute atomic E-state index is 0.230. The van der Waals surface area contributed by atoms with Gasteiger partial charge in [-0.15, -0.1) is 0 Å². The summed E-state index contributed by atoms with van der Waals surface area (Å²) < 4.78 is 7.62. The summed E-state index contributed by atoms with van der Waals surface area (Å²) >= 11 is 6.22. The second kappa shape index (κ2) is 9.22. The van der Waals surface area contributed by atoms with Gasteiger partial charge in [0.05, 0.1) is 28.2 Å². The van der Waals surface area contributed by atoms with Gasteiger partial charge in [-0.25, -0.2) is 9.97 Å². The maximum absolute atomic E-state index is 13.1. The van der Waals surface area contributed by atoms with Gasteiger partial charge >= 0.3 is 0 Å². The Morgan fingerprint density at radius 2 is 1.65 bits per heavy atom. The Bertz CT molecular complexity index is 1560. The summed E-state index contributed by atoms with van der Waals surface area (Å²) in [7, 11) is 0. The summed E-state index contributed by atoms with van der Waals surface area (Å²) in [6, 6.07) is 25.8. The number of ether oxygens (including phenoxy) is 1. The topological polar surface area (TPSA) is 92.8 Å². The van der Waals surface area contributed by atoms with Crippen molar-refractivity contribution in [1.29, 1.82) is 5.26 Å². The summed E-state index contributed by atoms with van der Waals surface area (Å²) in [5, 5.41) is 13.2. The van der Waals surface area contributed by atoms with Crippen LogP contribution in [0.4, 0.5) is 5.82 Å². The van der Waals surface area contributed by atoms with Gasteiger partial charge in [-0.1, -0.05) is 54.1 Å². The van der Waals surface area contributed by atoms with Crippen molar-refractivity contribution in [3.63, 3.8) is 0 Å². The van der Waals surface area contributed by atoms with Crippen LogP contribution in [0.1, 0.15) is 15.9 Å². The highest BCUT2D eigenvalue weighted by Crippen LogP contribution is 2.30. The number of amides is 1. The van der Waals surface area contributed by atoms with E-state index in [1.54, 1.807) is 28.8 Å². The standard InChI is InChI=1S/C26H18ClN5O2/c27-20-11-5-4-10-18(20)26(33)31-24-19(16-28)23-25(30-22-13-7-6-12-21(22)29-23)32(24)14-15-34-17-8-2-1-3-9-17/h1-13H,14-15H2,(H,31,33). The van der Waals surface area contributed by atoms with E-state index in [1.165, 1.54) is 0 Å². The number of nitrogens with zero attached hydrogens (tertiary/aromatic N) is 4. The number of benzene rings is 3. The van der Waals surface area contributed by atoms with E-state index in [0.717, 1.165) is 5.75 Å². The molecule has 8 heteroatoms. The number of aromatic nitrogens is 3. The smallest absolute Gasteiger partial charge is 0.258 e. The number of para-hydroxylation sites is 3. The van der Waals surface area contributed by atoms with Crippen LogP contribution < -0.4 is 10.1 Å². The number of rotatable bonds is 6. The van der Waals surface area contributed by atoms with Crippen LogP contribution in [0.2, 0.25) is 5.02 Å². The van der Waals surface area contributed by atoms with E-state index in [9.17, 15) is 10.1 Å². The number of hydrogen-bond acceptors (Lipinski definition) is 5. The molecule has 0 saturated carbocycles. The first kappa shape index (κ1) is 21.4. The molecule has 1 N–H and O–H groups in total. The molecule has 7 nitrogen and oxygen atoms in total. The highest BCUT2D eigenvalue weighted by atomic mass is 35.5. The molecule has 0 fully saturated rings. The van der Waals surface area contributed by atoms with Gasteiger partial charge in [0.25, 0.3) is 5.91 Å². The number of nitriles is 1. The molecular weight excluding hydrogens is 450 g/mol. The monoisotopic (exact) mass is 467 g/mol. The van der Waals surface area contributed by atoms with Crippen molar-refractivity contribution >= 4 is 45.5 Å². The number of carbonyl (C=O) groups is 1. The second-order valence-electron chi connectivity index (χ2n) is 7.47. The molecular formula is C26H18ClN5O2. The fraction of sp³-hybridized carbons (Fsp3) is 0.0769. The molecule has 166 valence electrons. The highest BCUT2D eigenvalue weighted by molar-refractivity contribution is 6.34. The Kier molecular flexibility index (Phi) is 5.81. The predicted molar refractivity (Wildman–Crippen MR) is 131 cm³/mol. The molecule has 0 radical (unpaired) electrons. The van der Waals surface area contributed by atoms with Crippen LogP contribution in [0.25, 0.3) is 22.2 Å². The Balaban J connectivity index is 1.60. The average Bonchev–Trinajstić information content (AvgIpc) is 3.14. The maximum atomic E-state index is 13.1. The first-order chi connectivity index (χ1) is 16.7. The van der Waals surface area contributed by atoms with Crippen LogP contribution >= 0.6 is 11.6 Å². The number of halogens is 1. The second-order valence-corrected chi connectivity index (χ2v) is 7.87. The highest BCUT2D eigenvalue weighted by Gasteiger charge is 2.23. The summed E-state index contributed by atoms with van der Waals surface area (Å²) in [5.41, 5.74) is 2.78. The molecule has 2 aromatic heterocycles. The summed E-state index contributed by atoms with van der Waals surface area (Å²) in [5.74, 6) is 0.590.